The van der Waals surface area contributed by atoms with Gasteiger partial charge in [-0.25, -0.2) is 4.79 Å². The van der Waals surface area contributed by atoms with Crippen molar-refractivity contribution in [2.24, 2.45) is 0 Å². The first kappa shape index (κ1) is 15.5. The zero-order valence-electron chi connectivity index (χ0n) is 13.4. The summed E-state index contributed by atoms with van der Waals surface area (Å²) < 4.78 is 5.23. The van der Waals surface area contributed by atoms with Gasteiger partial charge in [-0.05, 0) is 38.2 Å². The molecule has 0 spiro atoms. The van der Waals surface area contributed by atoms with Crippen LogP contribution in [0.25, 0.3) is 0 Å². The summed E-state index contributed by atoms with van der Waals surface area (Å²) in [6.45, 7) is 3.19. The van der Waals surface area contributed by atoms with Crippen LogP contribution in [0.2, 0.25) is 0 Å². The molecule has 0 saturated carbocycles. The largest absolute Gasteiger partial charge is 0.338 e. The molecule has 2 heterocycles. The molecule has 1 aliphatic heterocycles. The third-order valence-electron chi connectivity index (χ3n) is 4.10. The van der Waals surface area contributed by atoms with Crippen molar-refractivity contribution in [3.8, 4) is 0 Å². The summed E-state index contributed by atoms with van der Waals surface area (Å²) in [4.78, 5) is 18.4. The molecule has 3 rings (SSSR count). The molecule has 2 amide bonds. The molecule has 0 radical (unpaired) electrons. The fourth-order valence-electron chi connectivity index (χ4n) is 2.95. The van der Waals surface area contributed by atoms with Gasteiger partial charge < -0.3 is 14.7 Å². The first-order valence-electron chi connectivity index (χ1n) is 8.12. The number of carbonyl (C=O) groups is 1. The van der Waals surface area contributed by atoms with Gasteiger partial charge in [0.2, 0.25) is 5.89 Å². The maximum Gasteiger partial charge on any atom is 0.318 e. The first-order chi connectivity index (χ1) is 11.2. The number of urea groups is 1. The zero-order valence-corrected chi connectivity index (χ0v) is 13.4. The van der Waals surface area contributed by atoms with E-state index < -0.39 is 0 Å². The molecular formula is C17H22N4O2. The first-order valence-corrected chi connectivity index (χ1v) is 8.12. The number of aromatic nitrogens is 2. The van der Waals surface area contributed by atoms with Gasteiger partial charge >= 0.3 is 6.03 Å². The lowest BCUT2D eigenvalue weighted by atomic mass is 10.1. The van der Waals surface area contributed by atoms with Gasteiger partial charge in [-0.3, -0.25) is 0 Å². The minimum absolute atomic E-state index is 0.0450. The fraction of sp³-hybridized carbons (Fsp3) is 0.471. The van der Waals surface area contributed by atoms with Gasteiger partial charge in [-0.15, -0.1) is 0 Å². The van der Waals surface area contributed by atoms with E-state index in [4.69, 9.17) is 4.52 Å². The Kier molecular flexibility index (Phi) is 4.90. The summed E-state index contributed by atoms with van der Waals surface area (Å²) in [7, 11) is 0. The van der Waals surface area contributed by atoms with Gasteiger partial charge in [0.15, 0.2) is 5.82 Å². The fourth-order valence-corrected chi connectivity index (χ4v) is 2.95. The van der Waals surface area contributed by atoms with E-state index in [1.165, 1.54) is 5.56 Å². The summed E-state index contributed by atoms with van der Waals surface area (Å²) in [5, 5.41) is 6.82. The molecule has 6 heteroatoms. The van der Waals surface area contributed by atoms with Crippen molar-refractivity contribution < 1.29 is 9.32 Å². The molecule has 1 saturated heterocycles. The molecule has 1 aromatic carbocycles. The SMILES string of the molecule is Cc1noc(C2CCCN2C(=O)NCCCc2ccccc2)n1. The third kappa shape index (κ3) is 3.88. The highest BCUT2D eigenvalue weighted by Gasteiger charge is 2.33. The Hall–Kier alpha value is -2.37. The van der Waals surface area contributed by atoms with Crippen molar-refractivity contribution in [1.82, 2.24) is 20.4 Å². The minimum Gasteiger partial charge on any atom is -0.338 e. The Labute approximate surface area is 135 Å². The van der Waals surface area contributed by atoms with Crippen LogP contribution < -0.4 is 5.32 Å². The van der Waals surface area contributed by atoms with Crippen LogP contribution in [0, 0.1) is 6.92 Å². The van der Waals surface area contributed by atoms with Crippen LogP contribution in [0.1, 0.15) is 42.6 Å². The molecule has 1 aliphatic rings. The van der Waals surface area contributed by atoms with Crippen LogP contribution in [-0.2, 0) is 6.42 Å². The monoisotopic (exact) mass is 314 g/mol. The van der Waals surface area contributed by atoms with Crippen molar-refractivity contribution in [2.75, 3.05) is 13.1 Å². The van der Waals surface area contributed by atoms with Crippen LogP contribution >= 0.6 is 0 Å². The smallest absolute Gasteiger partial charge is 0.318 e. The second-order valence-electron chi connectivity index (χ2n) is 5.85. The van der Waals surface area contributed by atoms with Crippen molar-refractivity contribution >= 4 is 6.03 Å². The Morgan fingerprint density at radius 3 is 2.96 bits per heavy atom. The van der Waals surface area contributed by atoms with Crippen molar-refractivity contribution in [1.29, 1.82) is 0 Å². The molecule has 1 N–H and O–H groups in total. The molecule has 1 atom stereocenters. The van der Waals surface area contributed by atoms with Crippen molar-refractivity contribution in [3.05, 3.63) is 47.6 Å². The third-order valence-corrected chi connectivity index (χ3v) is 4.10. The number of carbonyl (C=O) groups excluding carboxylic acids is 1. The second-order valence-corrected chi connectivity index (χ2v) is 5.85. The Morgan fingerprint density at radius 1 is 1.39 bits per heavy atom. The Balaban J connectivity index is 1.47. The zero-order chi connectivity index (χ0) is 16.1. The average molecular weight is 314 g/mol. The number of hydrogen-bond acceptors (Lipinski definition) is 4. The van der Waals surface area contributed by atoms with Crippen LogP contribution in [-0.4, -0.2) is 34.2 Å². The second kappa shape index (κ2) is 7.26. The van der Waals surface area contributed by atoms with E-state index in [0.717, 1.165) is 32.2 Å². The topological polar surface area (TPSA) is 71.3 Å². The molecule has 23 heavy (non-hydrogen) atoms. The number of rotatable bonds is 5. The van der Waals surface area contributed by atoms with Gasteiger partial charge in [-0.1, -0.05) is 35.5 Å². The van der Waals surface area contributed by atoms with E-state index in [-0.39, 0.29) is 12.1 Å². The van der Waals surface area contributed by atoms with E-state index >= 15 is 0 Å². The number of nitrogens with zero attached hydrogens (tertiary/aromatic N) is 3. The molecule has 1 unspecified atom stereocenters. The van der Waals surface area contributed by atoms with Gasteiger partial charge in [0, 0.05) is 13.1 Å². The summed E-state index contributed by atoms with van der Waals surface area (Å²) >= 11 is 0. The number of nitrogens with one attached hydrogen (secondary N) is 1. The summed E-state index contributed by atoms with van der Waals surface area (Å²) in [6.07, 6.45) is 3.73. The van der Waals surface area contributed by atoms with Gasteiger partial charge in [-0.2, -0.15) is 4.98 Å². The average Bonchev–Trinajstić information content (AvgIpc) is 3.21. The van der Waals surface area contributed by atoms with Crippen molar-refractivity contribution in [2.45, 2.75) is 38.6 Å². The molecule has 0 aliphatic carbocycles. The van der Waals surface area contributed by atoms with E-state index in [9.17, 15) is 4.79 Å². The predicted octanol–water partition coefficient (Wildman–Crippen LogP) is 2.86. The van der Waals surface area contributed by atoms with E-state index in [1.807, 2.05) is 18.2 Å². The molecule has 1 fully saturated rings. The lowest BCUT2D eigenvalue weighted by Crippen LogP contribution is -2.40. The summed E-state index contributed by atoms with van der Waals surface area (Å²) in [5.74, 6) is 1.15. The predicted molar refractivity (Wildman–Crippen MR) is 85.9 cm³/mol. The van der Waals surface area contributed by atoms with Crippen molar-refractivity contribution in [3.63, 3.8) is 0 Å². The number of benzene rings is 1. The number of amides is 2. The summed E-state index contributed by atoms with van der Waals surface area (Å²) in [6, 6.07) is 10.2. The molecule has 122 valence electrons. The van der Waals surface area contributed by atoms with Gasteiger partial charge in [0.25, 0.3) is 0 Å². The highest BCUT2D eigenvalue weighted by Crippen LogP contribution is 2.30. The summed E-state index contributed by atoms with van der Waals surface area (Å²) in [5.41, 5.74) is 1.29. The van der Waals surface area contributed by atoms with Crippen LogP contribution in [0.4, 0.5) is 4.79 Å². The maximum atomic E-state index is 12.4. The van der Waals surface area contributed by atoms with Crippen LogP contribution in [0.5, 0.6) is 0 Å². The number of likely N-dealkylation sites (tertiary alicyclic amines) is 1. The van der Waals surface area contributed by atoms with E-state index in [1.54, 1.807) is 11.8 Å². The number of hydrogen-bond donors (Lipinski definition) is 1. The van der Waals surface area contributed by atoms with Crippen LogP contribution in [0.15, 0.2) is 34.9 Å². The van der Waals surface area contributed by atoms with Crippen LogP contribution in [0.3, 0.4) is 0 Å². The lowest BCUT2D eigenvalue weighted by Gasteiger charge is -2.22. The standard InChI is InChI=1S/C17H22N4O2/c1-13-19-16(23-20-13)15-10-6-12-21(15)17(22)18-11-5-9-14-7-3-2-4-8-14/h2-4,7-8,15H,5-6,9-12H2,1H3,(H,18,22). The lowest BCUT2D eigenvalue weighted by molar-refractivity contribution is 0.180. The van der Waals surface area contributed by atoms with Gasteiger partial charge in [0.05, 0.1) is 0 Å². The van der Waals surface area contributed by atoms with E-state index in [0.29, 0.717) is 18.3 Å². The highest BCUT2D eigenvalue weighted by molar-refractivity contribution is 5.74. The molecule has 2 aromatic rings. The molecular weight excluding hydrogens is 292 g/mol. The molecule has 6 nitrogen and oxygen atoms in total. The Bertz CT molecular complexity index is 641. The number of aryl methyl sites for hydroxylation is 2. The minimum atomic E-state index is -0.0923. The highest BCUT2D eigenvalue weighted by atomic mass is 16.5. The quantitative estimate of drug-likeness (QED) is 0.861. The normalized spacial score (nSPS) is 17.4. The maximum absolute atomic E-state index is 12.4. The Morgan fingerprint density at radius 2 is 2.22 bits per heavy atom. The molecule has 1 aromatic heterocycles. The molecule has 0 bridgehead atoms. The van der Waals surface area contributed by atoms with E-state index in [2.05, 4.69) is 27.6 Å². The van der Waals surface area contributed by atoms with Gasteiger partial charge in [0.1, 0.15) is 6.04 Å².